The molecule has 0 radical (unpaired) electrons. The van der Waals surface area contributed by atoms with Crippen LogP contribution in [0.3, 0.4) is 0 Å². The van der Waals surface area contributed by atoms with Gasteiger partial charge in [-0.15, -0.1) is 0 Å². The molecule has 2 unspecified atom stereocenters. The highest BCUT2D eigenvalue weighted by Crippen LogP contribution is 2.24. The Balaban J connectivity index is 1.67. The first kappa shape index (κ1) is 16.9. The Bertz CT molecular complexity index is 498. The van der Waals surface area contributed by atoms with Gasteiger partial charge in [0, 0.05) is 18.6 Å². The van der Waals surface area contributed by atoms with Crippen LogP contribution in [0.5, 0.6) is 0 Å². The number of hydrogen-bond donors (Lipinski definition) is 3. The Morgan fingerprint density at radius 2 is 2.23 bits per heavy atom. The lowest BCUT2D eigenvalue weighted by Crippen LogP contribution is -2.31. The van der Waals surface area contributed by atoms with E-state index in [1.54, 1.807) is 12.1 Å². The summed E-state index contributed by atoms with van der Waals surface area (Å²) >= 11 is 0. The minimum absolute atomic E-state index is 0.144. The standard InChI is InChI=1S/C16H24FN3O2/c1-20(9-7-16(21)22)8-3-6-14-11-15(19-18-14)12-4-2-5-13(17)10-12/h2,4-5,10,14-15,18-19H,3,6-9,11H2,1H3,(H,21,22). The molecule has 122 valence electrons. The van der Waals surface area contributed by atoms with E-state index in [2.05, 4.69) is 10.9 Å². The highest BCUT2D eigenvalue weighted by atomic mass is 19.1. The SMILES string of the molecule is CN(CCCC1CC(c2cccc(F)c2)NN1)CCC(=O)O. The molecule has 6 heteroatoms. The molecule has 2 atom stereocenters. The summed E-state index contributed by atoms with van der Waals surface area (Å²) in [5, 5.41) is 8.65. The van der Waals surface area contributed by atoms with Crippen molar-refractivity contribution < 1.29 is 14.3 Å². The second-order valence-electron chi connectivity index (χ2n) is 5.92. The maximum atomic E-state index is 13.2. The number of carboxylic acids is 1. The fourth-order valence-electron chi connectivity index (χ4n) is 2.76. The van der Waals surface area contributed by atoms with Crippen LogP contribution >= 0.6 is 0 Å². The number of halogens is 1. The van der Waals surface area contributed by atoms with Crippen molar-refractivity contribution in [1.82, 2.24) is 15.8 Å². The smallest absolute Gasteiger partial charge is 0.304 e. The Kier molecular flexibility index (Phi) is 6.30. The van der Waals surface area contributed by atoms with Crippen LogP contribution in [-0.2, 0) is 4.79 Å². The summed E-state index contributed by atoms with van der Waals surface area (Å²) in [7, 11) is 1.94. The van der Waals surface area contributed by atoms with Crippen LogP contribution in [-0.4, -0.2) is 42.2 Å². The van der Waals surface area contributed by atoms with E-state index >= 15 is 0 Å². The Labute approximate surface area is 130 Å². The van der Waals surface area contributed by atoms with Crippen molar-refractivity contribution in [3.8, 4) is 0 Å². The largest absolute Gasteiger partial charge is 0.481 e. The fraction of sp³-hybridized carbons (Fsp3) is 0.562. The van der Waals surface area contributed by atoms with Gasteiger partial charge in [-0.05, 0) is 50.6 Å². The number of nitrogens with one attached hydrogen (secondary N) is 2. The lowest BCUT2D eigenvalue weighted by atomic mass is 9.99. The van der Waals surface area contributed by atoms with Gasteiger partial charge in [-0.1, -0.05) is 12.1 Å². The summed E-state index contributed by atoms with van der Waals surface area (Å²) in [6.07, 6.45) is 3.13. The van der Waals surface area contributed by atoms with Gasteiger partial charge in [0.05, 0.1) is 6.42 Å². The number of hydrazine groups is 1. The molecule has 0 amide bonds. The monoisotopic (exact) mass is 309 g/mol. The molecule has 5 nitrogen and oxygen atoms in total. The molecule has 22 heavy (non-hydrogen) atoms. The van der Waals surface area contributed by atoms with Crippen LogP contribution < -0.4 is 10.9 Å². The van der Waals surface area contributed by atoms with Crippen molar-refractivity contribution in [3.63, 3.8) is 0 Å². The number of benzene rings is 1. The minimum atomic E-state index is -0.758. The first-order valence-electron chi connectivity index (χ1n) is 7.71. The average Bonchev–Trinajstić information content (AvgIpc) is 2.94. The molecular formula is C16H24FN3O2. The first-order valence-corrected chi connectivity index (χ1v) is 7.71. The molecule has 1 aliphatic heterocycles. The van der Waals surface area contributed by atoms with Crippen LogP contribution in [0.2, 0.25) is 0 Å². The van der Waals surface area contributed by atoms with Gasteiger partial charge in [0.2, 0.25) is 0 Å². The maximum Gasteiger partial charge on any atom is 0.304 e. The molecule has 1 aromatic carbocycles. The van der Waals surface area contributed by atoms with Gasteiger partial charge in [0.1, 0.15) is 5.82 Å². The zero-order valence-electron chi connectivity index (χ0n) is 12.9. The summed E-state index contributed by atoms with van der Waals surface area (Å²) < 4.78 is 13.2. The molecule has 1 fully saturated rings. The van der Waals surface area contributed by atoms with Crippen molar-refractivity contribution in [1.29, 1.82) is 0 Å². The quantitative estimate of drug-likeness (QED) is 0.685. The maximum absolute atomic E-state index is 13.2. The van der Waals surface area contributed by atoms with E-state index in [9.17, 15) is 9.18 Å². The van der Waals surface area contributed by atoms with Crippen LogP contribution in [0, 0.1) is 5.82 Å². The van der Waals surface area contributed by atoms with Crippen molar-refractivity contribution in [3.05, 3.63) is 35.6 Å². The summed E-state index contributed by atoms with van der Waals surface area (Å²) in [4.78, 5) is 12.6. The van der Waals surface area contributed by atoms with E-state index in [4.69, 9.17) is 5.11 Å². The average molecular weight is 309 g/mol. The van der Waals surface area contributed by atoms with E-state index in [1.165, 1.54) is 6.07 Å². The lowest BCUT2D eigenvalue weighted by molar-refractivity contribution is -0.137. The van der Waals surface area contributed by atoms with E-state index in [0.717, 1.165) is 31.4 Å². The molecule has 1 heterocycles. The van der Waals surface area contributed by atoms with Gasteiger partial charge in [0.25, 0.3) is 0 Å². The lowest BCUT2D eigenvalue weighted by Gasteiger charge is -2.16. The molecular weight excluding hydrogens is 285 g/mol. The van der Waals surface area contributed by atoms with Gasteiger partial charge < -0.3 is 10.0 Å². The highest BCUT2D eigenvalue weighted by Gasteiger charge is 2.24. The third-order valence-electron chi connectivity index (χ3n) is 4.03. The second kappa shape index (κ2) is 8.22. The van der Waals surface area contributed by atoms with Crippen LogP contribution in [0.15, 0.2) is 24.3 Å². The fourth-order valence-corrected chi connectivity index (χ4v) is 2.76. The summed E-state index contributed by atoms with van der Waals surface area (Å²) in [5.41, 5.74) is 7.45. The second-order valence-corrected chi connectivity index (χ2v) is 5.92. The van der Waals surface area contributed by atoms with E-state index < -0.39 is 5.97 Å². The molecule has 1 saturated heterocycles. The highest BCUT2D eigenvalue weighted by molar-refractivity contribution is 5.66. The van der Waals surface area contributed by atoms with Crippen LogP contribution in [0.25, 0.3) is 0 Å². The molecule has 0 aliphatic carbocycles. The van der Waals surface area contributed by atoms with Crippen molar-refractivity contribution in [2.45, 2.75) is 37.8 Å². The zero-order valence-corrected chi connectivity index (χ0v) is 12.9. The van der Waals surface area contributed by atoms with E-state index in [1.807, 2.05) is 18.0 Å². The summed E-state index contributed by atoms with van der Waals surface area (Å²) in [6.45, 7) is 1.47. The Morgan fingerprint density at radius 3 is 2.95 bits per heavy atom. The van der Waals surface area contributed by atoms with E-state index in [-0.39, 0.29) is 18.3 Å². The predicted octanol–water partition coefficient (Wildman–Crippen LogP) is 1.92. The van der Waals surface area contributed by atoms with Gasteiger partial charge >= 0.3 is 5.97 Å². The topological polar surface area (TPSA) is 64.6 Å². The molecule has 0 aromatic heterocycles. The van der Waals surface area contributed by atoms with Gasteiger partial charge in [-0.2, -0.15) is 0 Å². The van der Waals surface area contributed by atoms with Gasteiger partial charge in [-0.25, -0.2) is 4.39 Å². The number of hydrogen-bond acceptors (Lipinski definition) is 4. The third kappa shape index (κ3) is 5.36. The third-order valence-corrected chi connectivity index (χ3v) is 4.03. The predicted molar refractivity (Wildman–Crippen MR) is 82.8 cm³/mol. The Morgan fingerprint density at radius 1 is 1.41 bits per heavy atom. The molecule has 0 bridgehead atoms. The van der Waals surface area contributed by atoms with Gasteiger partial charge in [0.15, 0.2) is 0 Å². The van der Waals surface area contributed by atoms with Crippen molar-refractivity contribution in [2.75, 3.05) is 20.1 Å². The zero-order chi connectivity index (χ0) is 15.9. The Hall–Kier alpha value is -1.50. The minimum Gasteiger partial charge on any atom is -0.481 e. The van der Waals surface area contributed by atoms with Crippen LogP contribution in [0.1, 0.15) is 37.3 Å². The number of rotatable bonds is 8. The first-order chi connectivity index (χ1) is 10.5. The summed E-state index contributed by atoms with van der Waals surface area (Å²) in [5.74, 6) is -0.964. The molecule has 1 aromatic rings. The van der Waals surface area contributed by atoms with Gasteiger partial charge in [-0.3, -0.25) is 15.6 Å². The van der Waals surface area contributed by atoms with Crippen molar-refractivity contribution >= 4 is 5.97 Å². The van der Waals surface area contributed by atoms with E-state index in [0.29, 0.717) is 12.6 Å². The number of carboxylic acid groups (broad SMARTS) is 1. The van der Waals surface area contributed by atoms with Crippen LogP contribution in [0.4, 0.5) is 4.39 Å². The molecule has 1 aliphatic rings. The number of aliphatic carboxylic acids is 1. The molecule has 2 rings (SSSR count). The molecule has 3 N–H and O–H groups in total. The molecule has 0 saturated carbocycles. The number of nitrogens with zero attached hydrogens (tertiary/aromatic N) is 1. The van der Waals surface area contributed by atoms with Crippen molar-refractivity contribution in [2.24, 2.45) is 0 Å². The molecule has 0 spiro atoms. The number of carbonyl (C=O) groups is 1. The summed E-state index contributed by atoms with van der Waals surface area (Å²) in [6, 6.07) is 7.20. The normalized spacial score (nSPS) is 21.4.